The molecule has 0 spiro atoms. The summed E-state index contributed by atoms with van der Waals surface area (Å²) in [5.41, 5.74) is 5.08. The molecule has 30 heavy (non-hydrogen) atoms. The maximum atomic E-state index is 11.4. The molecular weight excluding hydrogens is 551 g/mol. The van der Waals surface area contributed by atoms with Crippen molar-refractivity contribution < 1.29 is 30.0 Å². The maximum Gasteiger partial charge on any atom is 0.162 e. The molecule has 1 saturated carbocycles. The van der Waals surface area contributed by atoms with Gasteiger partial charge in [-0.25, -0.2) is 0 Å². The van der Waals surface area contributed by atoms with E-state index in [1.54, 1.807) is 0 Å². The molecule has 0 aliphatic heterocycles. The van der Waals surface area contributed by atoms with Gasteiger partial charge in [-0.15, -0.1) is 35.9 Å². The zero-order valence-electron chi connectivity index (χ0n) is 17.2. The normalized spacial score (nSPS) is 18.2. The molecule has 1 radical (unpaired) electrons. The van der Waals surface area contributed by atoms with Gasteiger partial charge in [-0.1, -0.05) is 23.8 Å². The number of carbonyl (C=O) groups excluding carboxylic acids is 1. The number of aliphatic hydroxyl groups is 1. The number of carbonyl (C=O) groups is 1. The molecule has 1 atom stereocenters. The number of allylic oxidation sites excluding steroid dienone is 2. The van der Waals surface area contributed by atoms with Gasteiger partial charge in [-0.3, -0.25) is 9.78 Å². The second-order valence-corrected chi connectivity index (χ2v) is 7.93. The molecule has 1 fully saturated rings. The molecule has 3 aromatic rings. The fourth-order valence-corrected chi connectivity index (χ4v) is 4.30. The minimum absolute atomic E-state index is 0. The number of ketones is 1. The molecule has 0 bridgehead atoms. The van der Waals surface area contributed by atoms with Crippen LogP contribution in [0.25, 0.3) is 22.2 Å². The standard InChI is InChI=1S/C16H12N.C10H14O2.Ir/c1-12-7-9-16-14(11-12)8-10-15(17-16)13-5-3-2-4-6-13;11-8-5-1-3-7-4-2-6-9(12)10(7)8;/h2-5,7-11H,1H3;7,11H,1-6H2;/q-1;;. The van der Waals surface area contributed by atoms with E-state index in [2.05, 4.69) is 42.2 Å². The molecule has 2 aromatic carbocycles. The van der Waals surface area contributed by atoms with Crippen LogP contribution >= 0.6 is 0 Å². The summed E-state index contributed by atoms with van der Waals surface area (Å²) in [4.78, 5) is 16.1. The Balaban J connectivity index is 0.000000175. The van der Waals surface area contributed by atoms with Crippen LogP contribution in [0.4, 0.5) is 0 Å². The summed E-state index contributed by atoms with van der Waals surface area (Å²) in [5, 5.41) is 10.7. The zero-order valence-corrected chi connectivity index (χ0v) is 19.5. The number of aliphatic hydroxyl groups excluding tert-OH is 1. The third kappa shape index (κ3) is 5.06. The Hall–Kier alpha value is -2.29. The monoisotopic (exact) mass is 577 g/mol. The second kappa shape index (κ2) is 10.1. The average molecular weight is 577 g/mol. The van der Waals surface area contributed by atoms with Crippen LogP contribution in [0.15, 0.2) is 65.9 Å². The van der Waals surface area contributed by atoms with Crippen LogP contribution in [-0.2, 0) is 24.9 Å². The Morgan fingerprint density at radius 2 is 1.83 bits per heavy atom. The number of aromatic nitrogens is 1. The summed E-state index contributed by atoms with van der Waals surface area (Å²) in [6.45, 7) is 2.10. The van der Waals surface area contributed by atoms with E-state index in [1.807, 2.05) is 30.3 Å². The molecule has 1 aromatic heterocycles. The van der Waals surface area contributed by atoms with Gasteiger partial charge >= 0.3 is 0 Å². The minimum Gasteiger partial charge on any atom is -0.512 e. The first-order chi connectivity index (χ1) is 14.1. The van der Waals surface area contributed by atoms with Gasteiger partial charge in [0.2, 0.25) is 0 Å². The van der Waals surface area contributed by atoms with Gasteiger partial charge in [0.15, 0.2) is 5.78 Å². The van der Waals surface area contributed by atoms with Crippen molar-refractivity contribution in [2.45, 2.75) is 45.4 Å². The second-order valence-electron chi connectivity index (χ2n) is 7.93. The number of hydrogen-bond acceptors (Lipinski definition) is 3. The van der Waals surface area contributed by atoms with Crippen LogP contribution < -0.4 is 0 Å². The predicted molar refractivity (Wildman–Crippen MR) is 117 cm³/mol. The van der Waals surface area contributed by atoms with Gasteiger partial charge in [0.1, 0.15) is 0 Å². The summed E-state index contributed by atoms with van der Waals surface area (Å²) in [7, 11) is 0. The van der Waals surface area contributed by atoms with E-state index in [-0.39, 0.29) is 25.9 Å². The van der Waals surface area contributed by atoms with Gasteiger partial charge in [0, 0.05) is 38.5 Å². The molecular formula is C26H26IrNO2-. The summed E-state index contributed by atoms with van der Waals surface area (Å²) < 4.78 is 0. The van der Waals surface area contributed by atoms with Crippen LogP contribution in [0.3, 0.4) is 0 Å². The van der Waals surface area contributed by atoms with Crippen LogP contribution in [0.5, 0.6) is 0 Å². The van der Waals surface area contributed by atoms with E-state index < -0.39 is 0 Å². The van der Waals surface area contributed by atoms with E-state index in [4.69, 9.17) is 0 Å². The summed E-state index contributed by atoms with van der Waals surface area (Å²) in [5.74, 6) is 0.972. The number of pyridine rings is 1. The number of benzene rings is 2. The van der Waals surface area contributed by atoms with Crippen molar-refractivity contribution in [2.75, 3.05) is 0 Å². The van der Waals surface area contributed by atoms with Crippen molar-refractivity contribution in [2.24, 2.45) is 5.92 Å². The fraction of sp³-hybridized carbons (Fsp3) is 0.308. The van der Waals surface area contributed by atoms with Crippen LogP contribution in [-0.4, -0.2) is 15.9 Å². The molecule has 3 nitrogen and oxygen atoms in total. The van der Waals surface area contributed by atoms with E-state index in [0.29, 0.717) is 18.1 Å². The van der Waals surface area contributed by atoms with Crippen molar-refractivity contribution in [1.82, 2.24) is 4.98 Å². The van der Waals surface area contributed by atoms with E-state index in [0.717, 1.165) is 54.5 Å². The van der Waals surface area contributed by atoms with Crippen molar-refractivity contribution >= 4 is 16.7 Å². The number of Topliss-reactive ketones (excluding diaryl/α,β-unsaturated/α-hetero) is 1. The van der Waals surface area contributed by atoms with Crippen LogP contribution in [0.2, 0.25) is 0 Å². The van der Waals surface area contributed by atoms with Gasteiger partial charge in [-0.2, -0.15) is 0 Å². The first kappa shape index (κ1) is 22.4. The number of hydrogen-bond donors (Lipinski definition) is 1. The maximum absolute atomic E-state index is 11.4. The molecule has 2 aliphatic carbocycles. The Morgan fingerprint density at radius 3 is 2.57 bits per heavy atom. The third-order valence-corrected chi connectivity index (χ3v) is 5.77. The van der Waals surface area contributed by atoms with Crippen molar-refractivity contribution in [3.05, 3.63) is 77.6 Å². The average Bonchev–Trinajstić information content (AvgIpc) is 2.75. The van der Waals surface area contributed by atoms with Crippen molar-refractivity contribution in [3.63, 3.8) is 0 Å². The van der Waals surface area contributed by atoms with Gasteiger partial charge in [-0.05, 0) is 61.7 Å². The predicted octanol–water partition coefficient (Wildman–Crippen LogP) is 6.36. The van der Waals surface area contributed by atoms with E-state index in [9.17, 15) is 9.90 Å². The number of rotatable bonds is 1. The van der Waals surface area contributed by atoms with Gasteiger partial charge in [0.05, 0.1) is 11.3 Å². The molecule has 5 rings (SSSR count). The molecule has 2 aliphatic rings. The van der Waals surface area contributed by atoms with E-state index >= 15 is 0 Å². The quantitative estimate of drug-likeness (QED) is 0.343. The summed E-state index contributed by atoms with van der Waals surface area (Å²) in [6.07, 6.45) is 5.64. The van der Waals surface area contributed by atoms with Crippen LogP contribution in [0.1, 0.15) is 44.1 Å². The third-order valence-electron chi connectivity index (χ3n) is 5.77. The van der Waals surface area contributed by atoms with Crippen molar-refractivity contribution in [3.8, 4) is 11.3 Å². The molecule has 4 heteroatoms. The largest absolute Gasteiger partial charge is 0.512 e. The van der Waals surface area contributed by atoms with Crippen LogP contribution in [0, 0.1) is 18.9 Å². The number of aryl methyl sites for hydroxylation is 1. The van der Waals surface area contributed by atoms with Gasteiger partial charge < -0.3 is 5.11 Å². The number of nitrogens with zero attached hydrogens (tertiary/aromatic N) is 1. The Morgan fingerprint density at radius 1 is 1.03 bits per heavy atom. The molecule has 0 saturated heterocycles. The Labute approximate surface area is 191 Å². The Bertz CT molecular complexity index is 1060. The molecule has 0 amide bonds. The van der Waals surface area contributed by atoms with E-state index in [1.165, 1.54) is 10.9 Å². The fourth-order valence-electron chi connectivity index (χ4n) is 4.30. The minimum atomic E-state index is 0. The Kier molecular flexibility index (Phi) is 7.58. The smallest absolute Gasteiger partial charge is 0.162 e. The SMILES string of the molecule is Cc1ccc2nc(-c3[c-]cccc3)ccc2c1.O=C1CCCC2CCCC(O)=C12.[Ir]. The first-order valence-electron chi connectivity index (χ1n) is 10.4. The topological polar surface area (TPSA) is 50.2 Å². The number of fused-ring (bicyclic) bond motifs is 2. The first-order valence-corrected chi connectivity index (χ1v) is 10.4. The molecule has 157 valence electrons. The zero-order chi connectivity index (χ0) is 20.2. The molecule has 1 unspecified atom stereocenters. The molecule has 1 N–H and O–H groups in total. The van der Waals surface area contributed by atoms with Crippen molar-refractivity contribution in [1.29, 1.82) is 0 Å². The summed E-state index contributed by atoms with van der Waals surface area (Å²) >= 11 is 0. The summed E-state index contributed by atoms with van der Waals surface area (Å²) in [6, 6.07) is 21.6. The molecule has 1 heterocycles. The van der Waals surface area contributed by atoms with Gasteiger partial charge in [0.25, 0.3) is 0 Å².